The summed E-state index contributed by atoms with van der Waals surface area (Å²) in [6.07, 6.45) is 3.01. The monoisotopic (exact) mass is 396 g/mol. The van der Waals surface area contributed by atoms with Crippen molar-refractivity contribution >= 4 is 28.7 Å². The number of thioether (sulfide) groups is 1. The van der Waals surface area contributed by atoms with Crippen LogP contribution in [0.4, 0.5) is 4.39 Å². The lowest BCUT2D eigenvalue weighted by Crippen LogP contribution is -2.31. The molecule has 28 heavy (non-hydrogen) atoms. The van der Waals surface area contributed by atoms with Gasteiger partial charge in [0.05, 0.1) is 22.7 Å². The lowest BCUT2D eigenvalue weighted by Gasteiger charge is -2.26. The lowest BCUT2D eigenvalue weighted by molar-refractivity contribution is 0.0936. The van der Waals surface area contributed by atoms with Crippen LogP contribution in [0.3, 0.4) is 0 Å². The molecule has 3 aromatic rings. The molecule has 1 N–H and O–H groups in total. The number of rotatable bonds is 3. The molecule has 1 saturated carbocycles. The standard InChI is InChI=1S/C21H21FN4OS/c1-11-19-15(10-17(12-3-4-12)23-20(19)26(2)25-11)21(27)24-16-7-8-28-18-6-5-13(22)9-14(16)18/h5-6,9-10,12,16H,3-4,7-8H2,1-2H3,(H,24,27)/t16-/m1/s1. The first-order chi connectivity index (χ1) is 13.5. The highest BCUT2D eigenvalue weighted by atomic mass is 32.2. The number of aryl methyl sites for hydroxylation is 2. The summed E-state index contributed by atoms with van der Waals surface area (Å²) in [5, 5.41) is 8.42. The first-order valence-corrected chi connectivity index (χ1v) is 10.6. The third-order valence-electron chi connectivity index (χ3n) is 5.55. The van der Waals surface area contributed by atoms with Crippen LogP contribution in [0.25, 0.3) is 11.0 Å². The van der Waals surface area contributed by atoms with Gasteiger partial charge >= 0.3 is 0 Å². The van der Waals surface area contributed by atoms with Crippen molar-refractivity contribution in [2.75, 3.05) is 5.75 Å². The Morgan fingerprint density at radius 3 is 2.89 bits per heavy atom. The molecule has 0 saturated heterocycles. The van der Waals surface area contributed by atoms with Gasteiger partial charge in [0, 0.05) is 29.3 Å². The molecular weight excluding hydrogens is 375 g/mol. The molecule has 0 spiro atoms. The lowest BCUT2D eigenvalue weighted by atomic mass is 10.0. The second-order valence-electron chi connectivity index (χ2n) is 7.62. The maximum Gasteiger partial charge on any atom is 0.252 e. The summed E-state index contributed by atoms with van der Waals surface area (Å²) in [7, 11) is 1.86. The van der Waals surface area contributed by atoms with E-state index in [0.29, 0.717) is 11.5 Å². The zero-order valence-corrected chi connectivity index (χ0v) is 16.6. The SMILES string of the molecule is Cc1nn(C)c2nc(C3CC3)cc(C(=O)N[C@@H]3CCSc4ccc(F)cc43)c12. The van der Waals surface area contributed by atoms with Gasteiger partial charge in [-0.2, -0.15) is 5.10 Å². The van der Waals surface area contributed by atoms with Crippen molar-refractivity contribution in [1.82, 2.24) is 20.1 Å². The summed E-state index contributed by atoms with van der Waals surface area (Å²) in [5.74, 6) is 0.921. The van der Waals surface area contributed by atoms with E-state index in [0.717, 1.165) is 57.9 Å². The van der Waals surface area contributed by atoms with Crippen molar-refractivity contribution in [3.8, 4) is 0 Å². The molecule has 0 bridgehead atoms. The van der Waals surface area contributed by atoms with Crippen LogP contribution in [-0.2, 0) is 7.05 Å². The van der Waals surface area contributed by atoms with Crippen LogP contribution in [0.15, 0.2) is 29.2 Å². The van der Waals surface area contributed by atoms with Crippen molar-refractivity contribution in [3.05, 3.63) is 52.6 Å². The Balaban J connectivity index is 1.54. The topological polar surface area (TPSA) is 59.8 Å². The number of nitrogens with zero attached hydrogens (tertiary/aromatic N) is 3. The highest BCUT2D eigenvalue weighted by Gasteiger charge is 2.30. The van der Waals surface area contributed by atoms with Crippen LogP contribution in [0, 0.1) is 12.7 Å². The first-order valence-electron chi connectivity index (χ1n) is 9.58. The molecule has 0 unspecified atom stereocenters. The van der Waals surface area contributed by atoms with Gasteiger partial charge < -0.3 is 5.32 Å². The minimum Gasteiger partial charge on any atom is -0.345 e. The Bertz CT molecular complexity index is 1110. The number of halogens is 1. The number of carbonyl (C=O) groups is 1. The average molecular weight is 396 g/mol. The van der Waals surface area contributed by atoms with Crippen LogP contribution >= 0.6 is 11.8 Å². The number of hydrogen-bond acceptors (Lipinski definition) is 4. The fourth-order valence-corrected chi connectivity index (χ4v) is 5.09. The number of fused-ring (bicyclic) bond motifs is 2. The van der Waals surface area contributed by atoms with Crippen LogP contribution < -0.4 is 5.32 Å². The second-order valence-corrected chi connectivity index (χ2v) is 8.76. The maximum absolute atomic E-state index is 13.8. The number of carbonyl (C=O) groups excluding carboxylic acids is 1. The van der Waals surface area contributed by atoms with E-state index in [9.17, 15) is 9.18 Å². The van der Waals surface area contributed by atoms with Gasteiger partial charge in [-0.3, -0.25) is 9.48 Å². The largest absolute Gasteiger partial charge is 0.345 e. The summed E-state index contributed by atoms with van der Waals surface area (Å²) in [4.78, 5) is 19.1. The van der Waals surface area contributed by atoms with Gasteiger partial charge in [-0.1, -0.05) is 0 Å². The predicted octanol–water partition coefficient (Wildman–Crippen LogP) is 4.26. The number of aromatic nitrogens is 3. The van der Waals surface area contributed by atoms with Gasteiger partial charge in [0.25, 0.3) is 5.91 Å². The third-order valence-corrected chi connectivity index (χ3v) is 6.67. The molecule has 2 aliphatic rings. The maximum atomic E-state index is 13.8. The Morgan fingerprint density at radius 2 is 2.11 bits per heavy atom. The van der Waals surface area contributed by atoms with Crippen LogP contribution in [0.5, 0.6) is 0 Å². The number of pyridine rings is 1. The molecule has 1 aliphatic carbocycles. The van der Waals surface area contributed by atoms with Crippen molar-refractivity contribution in [3.63, 3.8) is 0 Å². The van der Waals surface area contributed by atoms with Crippen LogP contribution in [0.2, 0.25) is 0 Å². The number of nitrogens with one attached hydrogen (secondary N) is 1. The van der Waals surface area contributed by atoms with Crippen molar-refractivity contribution in [1.29, 1.82) is 0 Å². The van der Waals surface area contributed by atoms with Crippen LogP contribution in [0.1, 0.15) is 58.5 Å². The number of hydrogen-bond donors (Lipinski definition) is 1. The van der Waals surface area contributed by atoms with E-state index in [1.54, 1.807) is 28.6 Å². The minimum absolute atomic E-state index is 0.141. The Morgan fingerprint density at radius 1 is 1.29 bits per heavy atom. The van der Waals surface area contributed by atoms with E-state index in [1.807, 2.05) is 20.0 Å². The molecule has 3 heterocycles. The Kier molecular flexibility index (Phi) is 4.16. The molecule has 5 nitrogen and oxygen atoms in total. The van der Waals surface area contributed by atoms with Crippen LogP contribution in [-0.4, -0.2) is 26.4 Å². The fraction of sp³-hybridized carbons (Fsp3) is 0.381. The van der Waals surface area contributed by atoms with E-state index in [-0.39, 0.29) is 17.8 Å². The summed E-state index contributed by atoms with van der Waals surface area (Å²) < 4.78 is 15.5. The number of benzene rings is 1. The third kappa shape index (κ3) is 2.98. The van der Waals surface area contributed by atoms with E-state index < -0.39 is 0 Å². The summed E-state index contributed by atoms with van der Waals surface area (Å²) in [6.45, 7) is 1.90. The van der Waals surface area contributed by atoms with E-state index in [2.05, 4.69) is 10.4 Å². The fourth-order valence-electron chi connectivity index (χ4n) is 3.98. The molecule has 1 fully saturated rings. The van der Waals surface area contributed by atoms with Crippen molar-refractivity contribution in [2.45, 2.75) is 43.0 Å². The van der Waals surface area contributed by atoms with Gasteiger partial charge in [-0.15, -0.1) is 11.8 Å². The molecule has 1 aliphatic heterocycles. The number of amides is 1. The molecule has 1 aromatic carbocycles. The highest BCUT2D eigenvalue weighted by molar-refractivity contribution is 7.99. The minimum atomic E-state index is -0.272. The smallest absolute Gasteiger partial charge is 0.252 e. The Hall–Kier alpha value is -2.41. The molecule has 7 heteroatoms. The Labute approximate surface area is 166 Å². The van der Waals surface area contributed by atoms with Crippen molar-refractivity contribution < 1.29 is 9.18 Å². The molecule has 1 atom stereocenters. The summed E-state index contributed by atoms with van der Waals surface area (Å²) in [5.41, 5.74) is 3.99. The van der Waals surface area contributed by atoms with Gasteiger partial charge in [-0.05, 0) is 56.0 Å². The zero-order valence-electron chi connectivity index (χ0n) is 15.8. The normalized spacial score (nSPS) is 18.9. The van der Waals surface area contributed by atoms with Gasteiger partial charge in [0.15, 0.2) is 5.65 Å². The van der Waals surface area contributed by atoms with Gasteiger partial charge in [0.2, 0.25) is 0 Å². The molecule has 0 radical (unpaired) electrons. The zero-order chi connectivity index (χ0) is 19.4. The molecule has 1 amide bonds. The predicted molar refractivity (Wildman–Crippen MR) is 107 cm³/mol. The molecular formula is C21H21FN4OS. The van der Waals surface area contributed by atoms with E-state index in [1.165, 1.54) is 6.07 Å². The van der Waals surface area contributed by atoms with Crippen molar-refractivity contribution in [2.24, 2.45) is 7.05 Å². The summed E-state index contributed by atoms with van der Waals surface area (Å²) >= 11 is 1.71. The van der Waals surface area contributed by atoms with E-state index >= 15 is 0 Å². The van der Waals surface area contributed by atoms with Gasteiger partial charge in [0.1, 0.15) is 5.82 Å². The first kappa shape index (κ1) is 17.7. The quantitative estimate of drug-likeness (QED) is 0.719. The van der Waals surface area contributed by atoms with E-state index in [4.69, 9.17) is 4.98 Å². The van der Waals surface area contributed by atoms with Gasteiger partial charge in [-0.25, -0.2) is 9.37 Å². The highest BCUT2D eigenvalue weighted by Crippen LogP contribution is 2.41. The average Bonchev–Trinajstić information content (AvgIpc) is 3.48. The second kappa shape index (κ2) is 6.58. The summed E-state index contributed by atoms with van der Waals surface area (Å²) in [6, 6.07) is 6.55. The molecule has 144 valence electrons. The molecule has 5 rings (SSSR count). The molecule has 2 aromatic heterocycles.